The van der Waals surface area contributed by atoms with Crippen molar-refractivity contribution in [3.8, 4) is 11.3 Å². The zero-order chi connectivity index (χ0) is 12.4. The van der Waals surface area contributed by atoms with Gasteiger partial charge in [0.25, 0.3) is 0 Å². The Morgan fingerprint density at radius 2 is 1.82 bits per heavy atom. The van der Waals surface area contributed by atoms with Gasteiger partial charge in [-0.3, -0.25) is 4.98 Å². The Bertz CT molecular complexity index is 557. The molecule has 0 aliphatic heterocycles. The summed E-state index contributed by atoms with van der Waals surface area (Å²) in [5, 5.41) is 10.5. The zero-order valence-corrected chi connectivity index (χ0v) is 10.9. The molecule has 0 atom stereocenters. The van der Waals surface area contributed by atoms with Gasteiger partial charge in [0.15, 0.2) is 0 Å². The molecule has 0 unspecified atom stereocenters. The highest BCUT2D eigenvalue weighted by molar-refractivity contribution is 6.37. The number of halogens is 3. The molecule has 0 aliphatic carbocycles. The largest absolute Gasteiger partial charge is 0.392 e. The van der Waals surface area contributed by atoms with Crippen LogP contribution in [0.2, 0.25) is 15.1 Å². The molecule has 5 heteroatoms. The Hall–Kier alpha value is -0.800. The van der Waals surface area contributed by atoms with E-state index in [0.717, 1.165) is 0 Å². The third-order valence-electron chi connectivity index (χ3n) is 2.27. The maximum atomic E-state index is 8.97. The molecule has 0 saturated heterocycles. The van der Waals surface area contributed by atoms with Crippen molar-refractivity contribution >= 4 is 34.8 Å². The fourth-order valence-corrected chi connectivity index (χ4v) is 2.23. The van der Waals surface area contributed by atoms with Crippen molar-refractivity contribution < 1.29 is 5.11 Å². The maximum Gasteiger partial charge on any atom is 0.0903 e. The number of aliphatic hydroxyl groups is 1. The van der Waals surface area contributed by atoms with E-state index in [1.54, 1.807) is 30.5 Å². The van der Waals surface area contributed by atoms with E-state index in [0.29, 0.717) is 31.9 Å². The summed E-state index contributed by atoms with van der Waals surface area (Å²) in [5.41, 5.74) is 1.94. The first-order chi connectivity index (χ1) is 8.11. The van der Waals surface area contributed by atoms with Crippen LogP contribution in [0.4, 0.5) is 0 Å². The number of hydrogen-bond acceptors (Lipinski definition) is 2. The number of rotatable bonds is 2. The highest BCUT2D eigenvalue weighted by Crippen LogP contribution is 2.33. The highest BCUT2D eigenvalue weighted by atomic mass is 35.5. The Kier molecular flexibility index (Phi) is 3.89. The minimum absolute atomic E-state index is 0.0959. The van der Waals surface area contributed by atoms with Gasteiger partial charge >= 0.3 is 0 Å². The van der Waals surface area contributed by atoms with Crippen molar-refractivity contribution in [2.75, 3.05) is 0 Å². The van der Waals surface area contributed by atoms with Crippen molar-refractivity contribution in [1.82, 2.24) is 4.98 Å². The Morgan fingerprint density at radius 3 is 2.41 bits per heavy atom. The summed E-state index contributed by atoms with van der Waals surface area (Å²) in [7, 11) is 0. The van der Waals surface area contributed by atoms with Crippen LogP contribution in [0.1, 0.15) is 5.56 Å². The van der Waals surface area contributed by atoms with Crippen LogP contribution in [-0.4, -0.2) is 10.1 Å². The van der Waals surface area contributed by atoms with Crippen molar-refractivity contribution in [3.63, 3.8) is 0 Å². The van der Waals surface area contributed by atoms with Crippen molar-refractivity contribution in [2.45, 2.75) is 6.61 Å². The lowest BCUT2D eigenvalue weighted by molar-refractivity contribution is 0.281. The van der Waals surface area contributed by atoms with Gasteiger partial charge in [-0.05, 0) is 29.8 Å². The number of aliphatic hydroxyl groups excluding tert-OH is 1. The minimum Gasteiger partial charge on any atom is -0.392 e. The lowest BCUT2D eigenvalue weighted by atomic mass is 10.1. The smallest absolute Gasteiger partial charge is 0.0903 e. The van der Waals surface area contributed by atoms with Crippen molar-refractivity contribution in [3.05, 3.63) is 51.1 Å². The first kappa shape index (κ1) is 12.7. The fourth-order valence-electron chi connectivity index (χ4n) is 1.44. The second kappa shape index (κ2) is 5.23. The van der Waals surface area contributed by atoms with E-state index in [4.69, 9.17) is 39.9 Å². The molecule has 0 fully saturated rings. The Morgan fingerprint density at radius 1 is 1.06 bits per heavy atom. The quantitative estimate of drug-likeness (QED) is 0.898. The first-order valence-electron chi connectivity index (χ1n) is 4.82. The summed E-state index contributed by atoms with van der Waals surface area (Å²) >= 11 is 18.0. The van der Waals surface area contributed by atoms with E-state index in [1.165, 1.54) is 0 Å². The molecule has 0 spiro atoms. The van der Waals surface area contributed by atoms with Gasteiger partial charge in [-0.25, -0.2) is 0 Å². The number of aromatic nitrogens is 1. The molecule has 17 heavy (non-hydrogen) atoms. The first-order valence-corrected chi connectivity index (χ1v) is 5.96. The summed E-state index contributed by atoms with van der Waals surface area (Å²) in [6, 6.07) is 6.78. The molecule has 1 N–H and O–H groups in total. The molecule has 0 radical (unpaired) electrons. The number of pyridine rings is 1. The number of nitrogens with zero attached hydrogens (tertiary/aromatic N) is 1. The average molecular weight is 289 g/mol. The molecule has 88 valence electrons. The van der Waals surface area contributed by atoms with Crippen LogP contribution in [0.25, 0.3) is 11.3 Å². The molecule has 1 heterocycles. The van der Waals surface area contributed by atoms with Gasteiger partial charge in [-0.2, -0.15) is 0 Å². The highest BCUT2D eigenvalue weighted by Gasteiger charge is 2.10. The molecular weight excluding hydrogens is 280 g/mol. The summed E-state index contributed by atoms with van der Waals surface area (Å²) in [6.07, 6.45) is 1.56. The SMILES string of the molecule is OCc1cnc(-c2ccc(Cl)cc2Cl)c(Cl)c1. The molecule has 2 nitrogen and oxygen atoms in total. The van der Waals surface area contributed by atoms with Gasteiger partial charge in [0.2, 0.25) is 0 Å². The predicted molar refractivity (Wildman–Crippen MR) is 70.6 cm³/mol. The minimum atomic E-state index is -0.0959. The maximum absolute atomic E-state index is 8.97. The summed E-state index contributed by atoms with van der Waals surface area (Å²) in [4.78, 5) is 4.19. The van der Waals surface area contributed by atoms with Gasteiger partial charge < -0.3 is 5.11 Å². The molecule has 0 bridgehead atoms. The monoisotopic (exact) mass is 287 g/mol. The fraction of sp³-hybridized carbons (Fsp3) is 0.0833. The molecule has 0 saturated carbocycles. The van der Waals surface area contributed by atoms with Gasteiger partial charge in [0.05, 0.1) is 22.3 Å². The van der Waals surface area contributed by atoms with Crippen molar-refractivity contribution in [1.29, 1.82) is 0 Å². The van der Waals surface area contributed by atoms with Gasteiger partial charge in [-0.15, -0.1) is 0 Å². The molecule has 1 aromatic heterocycles. The Balaban J connectivity index is 2.53. The van der Waals surface area contributed by atoms with E-state index in [-0.39, 0.29) is 6.61 Å². The molecule has 0 aliphatic rings. The van der Waals surface area contributed by atoms with E-state index < -0.39 is 0 Å². The van der Waals surface area contributed by atoms with Crippen LogP contribution < -0.4 is 0 Å². The summed E-state index contributed by atoms with van der Waals surface area (Å²) in [5.74, 6) is 0. The topological polar surface area (TPSA) is 33.1 Å². The van der Waals surface area contributed by atoms with Gasteiger partial charge in [0, 0.05) is 16.8 Å². The standard InChI is InChI=1S/C12H8Cl3NO/c13-8-1-2-9(10(14)4-8)12-11(15)3-7(6-17)5-16-12/h1-5,17H,6H2. The normalized spacial score (nSPS) is 10.6. The lowest BCUT2D eigenvalue weighted by Crippen LogP contribution is -1.90. The van der Waals surface area contributed by atoms with Crippen LogP contribution in [-0.2, 0) is 6.61 Å². The molecule has 0 amide bonds. The average Bonchev–Trinajstić information content (AvgIpc) is 2.30. The van der Waals surface area contributed by atoms with E-state index in [1.807, 2.05) is 0 Å². The molecular formula is C12H8Cl3NO. The second-order valence-corrected chi connectivity index (χ2v) is 4.71. The van der Waals surface area contributed by atoms with Crippen LogP contribution in [0.15, 0.2) is 30.5 Å². The summed E-state index contributed by atoms with van der Waals surface area (Å²) < 4.78 is 0. The van der Waals surface area contributed by atoms with Crippen LogP contribution in [0, 0.1) is 0 Å². The van der Waals surface area contributed by atoms with E-state index in [2.05, 4.69) is 4.98 Å². The van der Waals surface area contributed by atoms with E-state index in [9.17, 15) is 0 Å². The number of benzene rings is 1. The zero-order valence-electron chi connectivity index (χ0n) is 8.62. The third-order valence-corrected chi connectivity index (χ3v) is 3.10. The van der Waals surface area contributed by atoms with Crippen LogP contribution in [0.3, 0.4) is 0 Å². The lowest BCUT2D eigenvalue weighted by Gasteiger charge is -2.07. The molecule has 2 rings (SSSR count). The van der Waals surface area contributed by atoms with Crippen LogP contribution in [0.5, 0.6) is 0 Å². The molecule has 1 aromatic carbocycles. The second-order valence-electron chi connectivity index (χ2n) is 3.46. The third kappa shape index (κ3) is 2.72. The predicted octanol–water partition coefficient (Wildman–Crippen LogP) is 4.20. The van der Waals surface area contributed by atoms with Gasteiger partial charge in [0.1, 0.15) is 0 Å². The Labute approximate surface area is 114 Å². The molecule has 2 aromatic rings. The summed E-state index contributed by atoms with van der Waals surface area (Å²) in [6.45, 7) is -0.0959. The van der Waals surface area contributed by atoms with Gasteiger partial charge in [-0.1, -0.05) is 34.8 Å². The van der Waals surface area contributed by atoms with Crippen molar-refractivity contribution in [2.24, 2.45) is 0 Å². The number of hydrogen-bond donors (Lipinski definition) is 1. The van der Waals surface area contributed by atoms with E-state index >= 15 is 0 Å². The van der Waals surface area contributed by atoms with Crippen LogP contribution >= 0.6 is 34.8 Å².